The molecule has 0 fully saturated rings. The van der Waals surface area contributed by atoms with Crippen molar-refractivity contribution in [3.63, 3.8) is 0 Å². The molecule has 0 radical (unpaired) electrons. The summed E-state index contributed by atoms with van der Waals surface area (Å²) in [5.74, 6) is -0.0381. The predicted octanol–water partition coefficient (Wildman–Crippen LogP) is 2.80. The largest absolute Gasteiger partial charge is 0.493 e. The third-order valence-electron chi connectivity index (χ3n) is 7.05. The zero-order chi connectivity index (χ0) is 30.8. The fraction of sp³-hybridized carbons (Fsp3) is 0.452. The number of aliphatic hydroxyl groups is 3. The number of methoxy groups -OCH3 is 1. The lowest BCUT2D eigenvalue weighted by Gasteiger charge is -2.41. The lowest BCUT2D eigenvalue weighted by atomic mass is 9.87. The third kappa shape index (κ3) is 9.00. The van der Waals surface area contributed by atoms with E-state index in [0.717, 1.165) is 11.1 Å². The maximum atomic E-state index is 13.6. The minimum atomic E-state index is -1.22. The van der Waals surface area contributed by atoms with Crippen molar-refractivity contribution in [2.24, 2.45) is 0 Å². The maximum absolute atomic E-state index is 13.6. The van der Waals surface area contributed by atoms with Crippen LogP contribution in [0, 0.1) is 10.5 Å². The number of amides is 2. The zero-order valence-electron chi connectivity index (χ0n) is 24.1. The molecule has 2 aromatic carbocycles. The molecule has 2 amide bonds. The van der Waals surface area contributed by atoms with Crippen molar-refractivity contribution < 1.29 is 39.2 Å². The molecule has 1 aliphatic rings. The van der Waals surface area contributed by atoms with Crippen LogP contribution in [0.5, 0.6) is 11.5 Å². The molecule has 0 aliphatic heterocycles. The Morgan fingerprint density at radius 3 is 2.43 bits per heavy atom. The normalized spacial score (nSPS) is 18.2. The Hall–Kier alpha value is -3.00. The summed E-state index contributed by atoms with van der Waals surface area (Å²) in [6.07, 6.45) is 0.0669. The van der Waals surface area contributed by atoms with Crippen LogP contribution in [0.25, 0.3) is 0 Å². The van der Waals surface area contributed by atoms with Gasteiger partial charge in [0.1, 0.15) is 18.0 Å². The molecule has 0 aromatic heterocycles. The number of halogens is 1. The summed E-state index contributed by atoms with van der Waals surface area (Å²) in [7, 11) is 1.46. The summed E-state index contributed by atoms with van der Waals surface area (Å²) in [4.78, 5) is 39.8. The number of benzene rings is 2. The molecule has 0 saturated carbocycles. The van der Waals surface area contributed by atoms with Gasteiger partial charge in [0, 0.05) is 37.9 Å². The van der Waals surface area contributed by atoms with Crippen LogP contribution in [0.1, 0.15) is 49.3 Å². The third-order valence-corrected chi connectivity index (χ3v) is 7.86. The molecule has 4 N–H and O–H groups in total. The van der Waals surface area contributed by atoms with E-state index in [1.165, 1.54) is 20.1 Å². The minimum absolute atomic E-state index is 0.0133. The number of Topliss-reactive ketones (excluding diaryl/α,β-unsaturated/α-hetero) is 1. The molecule has 0 saturated heterocycles. The first-order valence-electron chi connectivity index (χ1n) is 13.8. The van der Waals surface area contributed by atoms with E-state index in [-0.39, 0.29) is 57.3 Å². The monoisotopic (exact) mass is 694 g/mol. The van der Waals surface area contributed by atoms with Crippen molar-refractivity contribution >= 4 is 40.2 Å². The van der Waals surface area contributed by atoms with E-state index in [1.54, 1.807) is 17.0 Å². The number of ketones is 1. The van der Waals surface area contributed by atoms with Gasteiger partial charge in [-0.3, -0.25) is 9.59 Å². The number of hydrogen-bond acceptors (Lipinski definition) is 8. The molecule has 0 spiro atoms. The number of ether oxygens (including phenoxy) is 2. The smallest absolute Gasteiger partial charge is 0.247 e. The number of nitrogens with zero attached hydrogens (tertiary/aromatic N) is 1. The lowest BCUT2D eigenvalue weighted by Crippen LogP contribution is -2.54. The summed E-state index contributed by atoms with van der Waals surface area (Å²) < 4.78 is 12.4. The van der Waals surface area contributed by atoms with Gasteiger partial charge in [-0.1, -0.05) is 29.8 Å². The Labute approximate surface area is 259 Å². The number of aryl methyl sites for hydroxylation is 1. The molecule has 1 aliphatic carbocycles. The van der Waals surface area contributed by atoms with Crippen LogP contribution < -0.4 is 14.8 Å². The van der Waals surface area contributed by atoms with E-state index in [2.05, 4.69) is 5.32 Å². The second kappa shape index (κ2) is 16.0. The molecule has 0 heterocycles. The second-order valence-electron chi connectivity index (χ2n) is 10.3. The van der Waals surface area contributed by atoms with E-state index in [4.69, 9.17) is 9.47 Å². The van der Waals surface area contributed by atoms with Crippen molar-refractivity contribution in [2.75, 3.05) is 20.3 Å². The lowest BCUT2D eigenvalue weighted by molar-refractivity contribution is -0.139. The molecule has 11 heteroatoms. The standard InChI is InChI=1S/C31H39IN2O8/c1-19-7-9-21(10-8-19)17-34(28(38)6-4-5-20(2)37)25-15-23(31(40)33-11-12-35)16-26(29(25)39)42-30-24(32)13-22(18-36)14-27(30)41-3/h7-10,13-14,16,25-26,29,35-36,39H,4-6,11-12,15,17-18H2,1-3H3,(H,33,40). The molecule has 42 heavy (non-hydrogen) atoms. The summed E-state index contributed by atoms with van der Waals surface area (Å²) >= 11 is 2.05. The van der Waals surface area contributed by atoms with E-state index in [0.29, 0.717) is 32.6 Å². The van der Waals surface area contributed by atoms with Gasteiger partial charge in [0.15, 0.2) is 11.5 Å². The Bertz CT molecular complexity index is 1280. The van der Waals surface area contributed by atoms with Crippen LogP contribution in [0.4, 0.5) is 0 Å². The number of nitrogens with one attached hydrogen (secondary N) is 1. The fourth-order valence-corrected chi connectivity index (χ4v) is 5.60. The highest BCUT2D eigenvalue weighted by Crippen LogP contribution is 2.37. The molecule has 3 rings (SSSR count). The highest BCUT2D eigenvalue weighted by atomic mass is 127. The fourth-order valence-electron chi connectivity index (χ4n) is 4.81. The van der Waals surface area contributed by atoms with E-state index in [9.17, 15) is 29.7 Å². The van der Waals surface area contributed by atoms with Crippen LogP contribution in [0.3, 0.4) is 0 Å². The van der Waals surface area contributed by atoms with E-state index >= 15 is 0 Å². The average molecular weight is 695 g/mol. The minimum Gasteiger partial charge on any atom is -0.493 e. The average Bonchev–Trinajstić information content (AvgIpc) is 2.97. The number of aliphatic hydroxyl groups excluding tert-OH is 3. The second-order valence-corrected chi connectivity index (χ2v) is 11.5. The van der Waals surface area contributed by atoms with Gasteiger partial charge >= 0.3 is 0 Å². The first-order valence-corrected chi connectivity index (χ1v) is 14.9. The van der Waals surface area contributed by atoms with Crippen LogP contribution in [-0.2, 0) is 27.5 Å². The number of carbonyl (C=O) groups is 3. The molecule has 3 unspecified atom stereocenters. The molecular formula is C31H39IN2O8. The van der Waals surface area contributed by atoms with E-state index < -0.39 is 24.2 Å². The molecule has 2 aromatic rings. The Morgan fingerprint density at radius 1 is 1.10 bits per heavy atom. The van der Waals surface area contributed by atoms with Gasteiger partial charge in [-0.15, -0.1) is 0 Å². The quantitative estimate of drug-likeness (QED) is 0.221. The highest BCUT2D eigenvalue weighted by molar-refractivity contribution is 14.1. The van der Waals surface area contributed by atoms with Gasteiger partial charge in [0.2, 0.25) is 11.8 Å². The first-order chi connectivity index (χ1) is 20.1. The number of carbonyl (C=O) groups excluding carboxylic acids is 3. The van der Waals surface area contributed by atoms with Crippen LogP contribution in [-0.4, -0.2) is 76.3 Å². The number of rotatable bonds is 14. The van der Waals surface area contributed by atoms with Gasteiger partial charge in [0.05, 0.1) is 29.9 Å². The Kier molecular flexibility index (Phi) is 12.8. The summed E-state index contributed by atoms with van der Waals surface area (Å²) in [6, 6.07) is 10.2. The van der Waals surface area contributed by atoms with Gasteiger partial charge in [-0.05, 0) is 72.2 Å². The Morgan fingerprint density at radius 2 is 1.81 bits per heavy atom. The van der Waals surface area contributed by atoms with Crippen molar-refractivity contribution in [3.05, 3.63) is 68.3 Å². The molecular weight excluding hydrogens is 655 g/mol. The molecule has 0 bridgehead atoms. The van der Waals surface area contributed by atoms with Gasteiger partial charge in [-0.2, -0.15) is 0 Å². The van der Waals surface area contributed by atoms with Crippen molar-refractivity contribution in [3.8, 4) is 11.5 Å². The molecule has 10 nitrogen and oxygen atoms in total. The predicted molar refractivity (Wildman–Crippen MR) is 165 cm³/mol. The summed E-state index contributed by atoms with van der Waals surface area (Å²) in [5, 5.41) is 33.2. The zero-order valence-corrected chi connectivity index (χ0v) is 26.3. The summed E-state index contributed by atoms with van der Waals surface area (Å²) in [6.45, 7) is 3.23. The van der Waals surface area contributed by atoms with Gasteiger partial charge < -0.3 is 39.8 Å². The van der Waals surface area contributed by atoms with Gasteiger partial charge in [0.25, 0.3) is 0 Å². The van der Waals surface area contributed by atoms with Crippen molar-refractivity contribution in [2.45, 2.75) is 70.9 Å². The summed E-state index contributed by atoms with van der Waals surface area (Å²) in [5.41, 5.74) is 2.83. The van der Waals surface area contributed by atoms with Crippen molar-refractivity contribution in [1.82, 2.24) is 10.2 Å². The van der Waals surface area contributed by atoms with Crippen LogP contribution in [0.2, 0.25) is 0 Å². The molecule has 228 valence electrons. The van der Waals surface area contributed by atoms with Crippen molar-refractivity contribution in [1.29, 1.82) is 0 Å². The first kappa shape index (κ1) is 33.5. The van der Waals surface area contributed by atoms with Gasteiger partial charge in [-0.25, -0.2) is 0 Å². The number of hydrogen-bond donors (Lipinski definition) is 4. The van der Waals surface area contributed by atoms with Crippen LogP contribution in [0.15, 0.2) is 48.0 Å². The SMILES string of the molecule is COc1cc(CO)cc(I)c1OC1C=C(C(=O)NCCO)CC(N(Cc2ccc(C)cc2)C(=O)CCCC(C)=O)C1O. The Balaban J connectivity index is 2.02. The molecule has 3 atom stereocenters. The topological polar surface area (TPSA) is 146 Å². The highest BCUT2D eigenvalue weighted by Gasteiger charge is 2.41. The maximum Gasteiger partial charge on any atom is 0.247 e. The van der Waals surface area contributed by atoms with Crippen LogP contribution >= 0.6 is 22.6 Å². The van der Waals surface area contributed by atoms with E-state index in [1.807, 2.05) is 53.8 Å².